The second-order valence-electron chi connectivity index (χ2n) is 5.02. The molecule has 0 fully saturated rings. The standard InChI is InChI=1S/C16H14F3NO/c1-9-6-10(2)14(11(3)7-9)15(21)12-8-20-5-4-13(12)16(17,18)19/h4-8H,1-3H3. The first-order valence-corrected chi connectivity index (χ1v) is 6.35. The van der Waals surface area contributed by atoms with E-state index in [1.165, 1.54) is 0 Å². The van der Waals surface area contributed by atoms with E-state index in [9.17, 15) is 18.0 Å². The summed E-state index contributed by atoms with van der Waals surface area (Å²) in [6, 6.07) is 4.39. The number of carbonyl (C=O) groups is 1. The third-order valence-corrected chi connectivity index (χ3v) is 3.28. The summed E-state index contributed by atoms with van der Waals surface area (Å²) in [4.78, 5) is 16.2. The van der Waals surface area contributed by atoms with Crippen LogP contribution in [-0.2, 0) is 6.18 Å². The predicted molar refractivity (Wildman–Crippen MR) is 73.3 cm³/mol. The highest BCUT2D eigenvalue weighted by Gasteiger charge is 2.35. The number of halogens is 3. The van der Waals surface area contributed by atoms with Crippen molar-refractivity contribution in [3.8, 4) is 0 Å². The second kappa shape index (κ2) is 5.31. The van der Waals surface area contributed by atoms with E-state index in [2.05, 4.69) is 4.98 Å². The first-order chi connectivity index (χ1) is 9.71. The lowest BCUT2D eigenvalue weighted by molar-refractivity contribution is -0.137. The lowest BCUT2D eigenvalue weighted by Crippen LogP contribution is -2.16. The van der Waals surface area contributed by atoms with Gasteiger partial charge in [0.25, 0.3) is 0 Å². The zero-order valence-electron chi connectivity index (χ0n) is 11.9. The van der Waals surface area contributed by atoms with Gasteiger partial charge in [-0.2, -0.15) is 13.2 Å². The molecule has 1 aromatic heterocycles. The number of benzene rings is 1. The normalized spacial score (nSPS) is 11.5. The van der Waals surface area contributed by atoms with Crippen molar-refractivity contribution in [1.82, 2.24) is 4.98 Å². The third kappa shape index (κ3) is 2.96. The van der Waals surface area contributed by atoms with Crippen LogP contribution in [0.3, 0.4) is 0 Å². The molecule has 0 saturated carbocycles. The molecule has 0 spiro atoms. The van der Waals surface area contributed by atoms with Gasteiger partial charge in [-0.15, -0.1) is 0 Å². The van der Waals surface area contributed by atoms with Gasteiger partial charge in [0.2, 0.25) is 0 Å². The number of ketones is 1. The number of aryl methyl sites for hydroxylation is 3. The van der Waals surface area contributed by atoms with Gasteiger partial charge in [-0.05, 0) is 38.0 Å². The van der Waals surface area contributed by atoms with Gasteiger partial charge >= 0.3 is 6.18 Å². The fourth-order valence-corrected chi connectivity index (χ4v) is 2.50. The van der Waals surface area contributed by atoms with Gasteiger partial charge in [0.05, 0.1) is 11.1 Å². The zero-order chi connectivity index (χ0) is 15.8. The molecule has 21 heavy (non-hydrogen) atoms. The number of aromatic nitrogens is 1. The Bertz CT molecular complexity index is 682. The summed E-state index contributed by atoms with van der Waals surface area (Å²) < 4.78 is 39.0. The van der Waals surface area contributed by atoms with Crippen LogP contribution in [0.15, 0.2) is 30.6 Å². The van der Waals surface area contributed by atoms with Crippen LogP contribution in [0.25, 0.3) is 0 Å². The fourth-order valence-electron chi connectivity index (χ4n) is 2.50. The number of nitrogens with zero attached hydrogens (tertiary/aromatic N) is 1. The Morgan fingerprint density at radius 3 is 2.19 bits per heavy atom. The van der Waals surface area contributed by atoms with Gasteiger partial charge in [-0.3, -0.25) is 9.78 Å². The van der Waals surface area contributed by atoms with Crippen molar-refractivity contribution in [1.29, 1.82) is 0 Å². The Kier molecular flexibility index (Phi) is 3.85. The molecule has 0 N–H and O–H groups in total. The fraction of sp³-hybridized carbons (Fsp3) is 0.250. The maximum absolute atomic E-state index is 13.0. The van der Waals surface area contributed by atoms with Crippen molar-refractivity contribution >= 4 is 5.78 Å². The molecule has 5 heteroatoms. The van der Waals surface area contributed by atoms with E-state index < -0.39 is 23.1 Å². The molecular formula is C16H14F3NO. The Hall–Kier alpha value is -2.17. The van der Waals surface area contributed by atoms with Crippen LogP contribution in [0.4, 0.5) is 13.2 Å². The summed E-state index contributed by atoms with van der Waals surface area (Å²) in [5.74, 6) is -0.648. The quantitative estimate of drug-likeness (QED) is 0.774. The lowest BCUT2D eigenvalue weighted by Gasteiger charge is -2.14. The first-order valence-electron chi connectivity index (χ1n) is 6.35. The molecule has 2 rings (SSSR count). The molecule has 0 saturated heterocycles. The van der Waals surface area contributed by atoms with Gasteiger partial charge in [0, 0.05) is 18.0 Å². The number of hydrogen-bond acceptors (Lipinski definition) is 2. The average molecular weight is 293 g/mol. The molecule has 0 amide bonds. The Morgan fingerprint density at radius 2 is 1.67 bits per heavy atom. The number of carbonyl (C=O) groups excluding carboxylic acids is 1. The van der Waals surface area contributed by atoms with Crippen molar-refractivity contribution in [2.24, 2.45) is 0 Å². The van der Waals surface area contributed by atoms with E-state index in [0.29, 0.717) is 16.7 Å². The lowest BCUT2D eigenvalue weighted by atomic mass is 9.92. The van der Waals surface area contributed by atoms with Gasteiger partial charge in [-0.1, -0.05) is 17.7 Å². The summed E-state index contributed by atoms with van der Waals surface area (Å²) in [6.07, 6.45) is -2.57. The number of rotatable bonds is 2. The molecule has 0 radical (unpaired) electrons. The predicted octanol–water partition coefficient (Wildman–Crippen LogP) is 4.26. The van der Waals surface area contributed by atoms with Crippen LogP contribution < -0.4 is 0 Å². The third-order valence-electron chi connectivity index (χ3n) is 3.28. The zero-order valence-corrected chi connectivity index (χ0v) is 11.9. The van der Waals surface area contributed by atoms with Crippen LogP contribution in [0.1, 0.15) is 38.2 Å². The molecule has 0 aliphatic carbocycles. The number of hydrogen-bond donors (Lipinski definition) is 0. The Morgan fingerprint density at radius 1 is 1.10 bits per heavy atom. The minimum Gasteiger partial charge on any atom is -0.289 e. The van der Waals surface area contributed by atoms with E-state index in [4.69, 9.17) is 0 Å². The molecule has 0 aliphatic heterocycles. The summed E-state index contributed by atoms with van der Waals surface area (Å²) in [5.41, 5.74) is 1.22. The first kappa shape index (κ1) is 15.2. The smallest absolute Gasteiger partial charge is 0.289 e. The van der Waals surface area contributed by atoms with Crippen molar-refractivity contribution in [2.45, 2.75) is 26.9 Å². The summed E-state index contributed by atoms with van der Waals surface area (Å²) in [7, 11) is 0. The maximum atomic E-state index is 13.0. The molecule has 0 atom stereocenters. The van der Waals surface area contributed by atoms with Crippen LogP contribution in [0.5, 0.6) is 0 Å². The monoisotopic (exact) mass is 293 g/mol. The van der Waals surface area contributed by atoms with Crippen molar-refractivity contribution in [3.63, 3.8) is 0 Å². The van der Waals surface area contributed by atoms with Gasteiger partial charge in [-0.25, -0.2) is 0 Å². The number of alkyl halides is 3. The molecule has 2 nitrogen and oxygen atoms in total. The van der Waals surface area contributed by atoms with Crippen LogP contribution >= 0.6 is 0 Å². The minimum atomic E-state index is -4.58. The average Bonchev–Trinajstić information content (AvgIpc) is 2.36. The SMILES string of the molecule is Cc1cc(C)c(C(=O)c2cnccc2C(F)(F)F)c(C)c1. The summed E-state index contributed by atoms with van der Waals surface area (Å²) in [5, 5.41) is 0. The van der Waals surface area contributed by atoms with Crippen LogP contribution in [0.2, 0.25) is 0 Å². The highest BCUT2D eigenvalue weighted by molar-refractivity contribution is 6.11. The molecule has 0 bridgehead atoms. The van der Waals surface area contributed by atoms with Crippen molar-refractivity contribution in [2.75, 3.05) is 0 Å². The highest BCUT2D eigenvalue weighted by atomic mass is 19.4. The Labute approximate surface area is 120 Å². The van der Waals surface area contributed by atoms with E-state index in [-0.39, 0.29) is 0 Å². The van der Waals surface area contributed by atoms with Gasteiger partial charge in [0.1, 0.15) is 0 Å². The summed E-state index contributed by atoms with van der Waals surface area (Å²) >= 11 is 0. The molecule has 2 aromatic rings. The van der Waals surface area contributed by atoms with Crippen LogP contribution in [-0.4, -0.2) is 10.8 Å². The van der Waals surface area contributed by atoms with E-state index in [0.717, 1.165) is 24.0 Å². The van der Waals surface area contributed by atoms with Crippen molar-refractivity contribution in [3.05, 3.63) is 64.0 Å². The maximum Gasteiger partial charge on any atom is 0.417 e. The molecule has 110 valence electrons. The van der Waals surface area contributed by atoms with Crippen molar-refractivity contribution < 1.29 is 18.0 Å². The van der Waals surface area contributed by atoms with E-state index >= 15 is 0 Å². The highest BCUT2D eigenvalue weighted by Crippen LogP contribution is 2.33. The van der Waals surface area contributed by atoms with E-state index in [1.807, 2.05) is 6.92 Å². The molecule has 0 aliphatic rings. The summed E-state index contributed by atoms with van der Waals surface area (Å²) in [6.45, 7) is 5.31. The Balaban J connectivity index is 2.62. The molecule has 1 heterocycles. The van der Waals surface area contributed by atoms with Gasteiger partial charge in [0.15, 0.2) is 5.78 Å². The molecule has 0 unspecified atom stereocenters. The van der Waals surface area contributed by atoms with Crippen LogP contribution in [0, 0.1) is 20.8 Å². The second-order valence-corrected chi connectivity index (χ2v) is 5.02. The molecule has 1 aromatic carbocycles. The van der Waals surface area contributed by atoms with E-state index in [1.54, 1.807) is 26.0 Å². The topological polar surface area (TPSA) is 30.0 Å². The largest absolute Gasteiger partial charge is 0.417 e. The molecular weight excluding hydrogens is 279 g/mol. The number of pyridine rings is 1. The van der Waals surface area contributed by atoms with Gasteiger partial charge < -0.3 is 0 Å². The minimum absolute atomic E-state index is 0.305.